The summed E-state index contributed by atoms with van der Waals surface area (Å²) in [5.74, 6) is -0.203. The van der Waals surface area contributed by atoms with Crippen molar-refractivity contribution in [3.05, 3.63) is 29.8 Å². The van der Waals surface area contributed by atoms with Crippen molar-refractivity contribution in [2.45, 2.75) is 38.0 Å². The van der Waals surface area contributed by atoms with Crippen LogP contribution in [0.3, 0.4) is 0 Å². The predicted octanol–water partition coefficient (Wildman–Crippen LogP) is 1.80. The first-order chi connectivity index (χ1) is 11.2. The van der Waals surface area contributed by atoms with E-state index in [-0.39, 0.29) is 5.91 Å². The van der Waals surface area contributed by atoms with Crippen molar-refractivity contribution >= 4 is 11.6 Å². The van der Waals surface area contributed by atoms with Crippen molar-refractivity contribution in [1.82, 2.24) is 4.90 Å². The number of carbonyl (C=O) groups is 1. The van der Waals surface area contributed by atoms with Crippen molar-refractivity contribution in [2.75, 3.05) is 37.7 Å². The van der Waals surface area contributed by atoms with E-state index in [0.717, 1.165) is 32.4 Å². The molecule has 1 aromatic carbocycles. The number of piperidine rings is 1. The molecule has 3 heterocycles. The van der Waals surface area contributed by atoms with Crippen molar-refractivity contribution in [2.24, 2.45) is 0 Å². The second kappa shape index (κ2) is 5.80. The molecule has 1 amide bonds. The molecular formula is C18H24N2O3. The molecule has 0 saturated carbocycles. The van der Waals surface area contributed by atoms with Crippen molar-refractivity contribution in [1.29, 1.82) is 0 Å². The van der Waals surface area contributed by atoms with E-state index in [1.54, 1.807) is 0 Å². The fourth-order valence-corrected chi connectivity index (χ4v) is 4.00. The monoisotopic (exact) mass is 316 g/mol. The molecule has 1 atom stereocenters. The van der Waals surface area contributed by atoms with Crippen molar-refractivity contribution < 1.29 is 14.3 Å². The van der Waals surface area contributed by atoms with Gasteiger partial charge in [-0.3, -0.25) is 4.79 Å². The third-order valence-corrected chi connectivity index (χ3v) is 5.35. The molecule has 1 aromatic rings. The highest BCUT2D eigenvalue weighted by Crippen LogP contribution is 2.33. The van der Waals surface area contributed by atoms with E-state index < -0.39 is 5.79 Å². The molecule has 5 nitrogen and oxygen atoms in total. The van der Waals surface area contributed by atoms with Crippen LogP contribution in [0.1, 0.15) is 25.3 Å². The number of rotatable bonds is 2. The number of benzene rings is 1. The zero-order valence-electron chi connectivity index (χ0n) is 13.7. The fourth-order valence-electron chi connectivity index (χ4n) is 4.00. The molecule has 0 aliphatic carbocycles. The Morgan fingerprint density at radius 1 is 1.22 bits per heavy atom. The Bertz CT molecular complexity index is 588. The zero-order valence-corrected chi connectivity index (χ0v) is 13.7. The van der Waals surface area contributed by atoms with Gasteiger partial charge in [0.25, 0.3) is 0 Å². The van der Waals surface area contributed by atoms with E-state index in [4.69, 9.17) is 9.47 Å². The summed E-state index contributed by atoms with van der Waals surface area (Å²) < 4.78 is 11.5. The molecule has 4 rings (SSSR count). The van der Waals surface area contributed by atoms with Crippen LogP contribution in [0.5, 0.6) is 0 Å². The number of anilines is 1. The number of amides is 1. The number of likely N-dealkylation sites (tertiary alicyclic amines) is 1. The average molecular weight is 316 g/mol. The number of nitrogens with zero attached hydrogens (tertiary/aromatic N) is 2. The summed E-state index contributed by atoms with van der Waals surface area (Å²) in [5, 5.41) is 0. The molecule has 5 heteroatoms. The lowest BCUT2D eigenvalue weighted by molar-refractivity contribution is -0.187. The highest BCUT2D eigenvalue weighted by Gasteiger charge is 2.41. The Morgan fingerprint density at radius 2 is 1.91 bits per heavy atom. The SMILES string of the molecule is C[C@H]1Cc2ccccc2N1CC(=O)N1CCC2(CC1)OCCO2. The molecule has 2 fully saturated rings. The molecule has 3 aliphatic rings. The van der Waals surface area contributed by atoms with Gasteiger partial charge in [-0.2, -0.15) is 0 Å². The second-order valence-corrected chi connectivity index (χ2v) is 6.80. The summed E-state index contributed by atoms with van der Waals surface area (Å²) in [4.78, 5) is 16.9. The maximum atomic E-state index is 12.7. The van der Waals surface area contributed by atoms with Crippen molar-refractivity contribution in [3.63, 3.8) is 0 Å². The Hall–Kier alpha value is -1.59. The van der Waals surface area contributed by atoms with Gasteiger partial charge in [0.05, 0.1) is 19.8 Å². The first-order valence-corrected chi connectivity index (χ1v) is 8.57. The van der Waals surface area contributed by atoms with E-state index in [9.17, 15) is 4.79 Å². The van der Waals surface area contributed by atoms with Crippen LogP contribution >= 0.6 is 0 Å². The lowest BCUT2D eigenvalue weighted by atomic mass is 10.0. The van der Waals surface area contributed by atoms with Crippen LogP contribution in [0, 0.1) is 0 Å². The topological polar surface area (TPSA) is 42.0 Å². The van der Waals surface area contributed by atoms with Gasteiger partial charge in [-0.1, -0.05) is 18.2 Å². The minimum atomic E-state index is -0.412. The second-order valence-electron chi connectivity index (χ2n) is 6.80. The lowest BCUT2D eigenvalue weighted by Gasteiger charge is -2.38. The molecule has 0 unspecified atom stereocenters. The maximum absolute atomic E-state index is 12.7. The molecule has 0 radical (unpaired) electrons. The molecule has 2 saturated heterocycles. The lowest BCUT2D eigenvalue weighted by Crippen LogP contribution is -2.50. The molecular weight excluding hydrogens is 292 g/mol. The highest BCUT2D eigenvalue weighted by molar-refractivity contribution is 5.82. The quantitative estimate of drug-likeness (QED) is 0.834. The van der Waals surface area contributed by atoms with Gasteiger partial charge in [-0.05, 0) is 25.0 Å². The number of hydrogen-bond donors (Lipinski definition) is 0. The summed E-state index contributed by atoms with van der Waals surface area (Å²) in [6.07, 6.45) is 2.59. The molecule has 1 spiro atoms. The smallest absolute Gasteiger partial charge is 0.242 e. The summed E-state index contributed by atoms with van der Waals surface area (Å²) >= 11 is 0. The van der Waals surface area contributed by atoms with E-state index >= 15 is 0 Å². The van der Waals surface area contributed by atoms with E-state index in [2.05, 4.69) is 30.0 Å². The van der Waals surface area contributed by atoms with Crippen molar-refractivity contribution in [3.8, 4) is 0 Å². The maximum Gasteiger partial charge on any atom is 0.242 e. The molecule has 0 N–H and O–H groups in total. The fraction of sp³-hybridized carbons (Fsp3) is 0.611. The predicted molar refractivity (Wildman–Crippen MR) is 87.4 cm³/mol. The number of ether oxygens (including phenoxy) is 2. The Morgan fingerprint density at radius 3 is 2.65 bits per heavy atom. The summed E-state index contributed by atoms with van der Waals surface area (Å²) in [7, 11) is 0. The van der Waals surface area contributed by atoms with Gasteiger partial charge in [-0.25, -0.2) is 0 Å². The Balaban J connectivity index is 1.39. The Kier molecular flexibility index (Phi) is 3.77. The average Bonchev–Trinajstić information content (AvgIpc) is 3.14. The van der Waals surface area contributed by atoms with Crippen LogP contribution in [0.4, 0.5) is 5.69 Å². The van der Waals surface area contributed by atoms with Crippen LogP contribution in [-0.2, 0) is 20.7 Å². The van der Waals surface area contributed by atoms with Crippen LogP contribution in [0.25, 0.3) is 0 Å². The summed E-state index contributed by atoms with van der Waals surface area (Å²) in [6.45, 7) is 5.46. The van der Waals surface area contributed by atoms with Gasteiger partial charge in [0.1, 0.15) is 0 Å². The van der Waals surface area contributed by atoms with E-state index in [1.165, 1.54) is 11.3 Å². The number of carbonyl (C=O) groups excluding carboxylic acids is 1. The number of fused-ring (bicyclic) bond motifs is 1. The van der Waals surface area contributed by atoms with Gasteiger partial charge in [0.15, 0.2) is 5.79 Å². The molecule has 0 aromatic heterocycles. The van der Waals surface area contributed by atoms with Gasteiger partial charge in [-0.15, -0.1) is 0 Å². The Labute approximate surface area is 137 Å². The van der Waals surface area contributed by atoms with Gasteiger partial charge in [0, 0.05) is 37.7 Å². The van der Waals surface area contributed by atoms with E-state index in [0.29, 0.717) is 25.8 Å². The van der Waals surface area contributed by atoms with Gasteiger partial charge >= 0.3 is 0 Å². The third-order valence-electron chi connectivity index (χ3n) is 5.35. The molecule has 23 heavy (non-hydrogen) atoms. The van der Waals surface area contributed by atoms with E-state index in [1.807, 2.05) is 11.0 Å². The standard InChI is InChI=1S/C18H24N2O3/c1-14-12-15-4-2-3-5-16(15)20(14)13-17(21)19-8-6-18(7-9-19)22-10-11-23-18/h2-5,14H,6-13H2,1H3/t14-/m0/s1. The first-order valence-electron chi connectivity index (χ1n) is 8.57. The van der Waals surface area contributed by atoms with Crippen LogP contribution < -0.4 is 4.90 Å². The zero-order chi connectivity index (χ0) is 15.9. The van der Waals surface area contributed by atoms with Crippen LogP contribution in [0.15, 0.2) is 24.3 Å². The highest BCUT2D eigenvalue weighted by atomic mass is 16.7. The normalized spacial score (nSPS) is 25.9. The third kappa shape index (κ3) is 2.72. The van der Waals surface area contributed by atoms with Gasteiger partial charge < -0.3 is 19.3 Å². The minimum Gasteiger partial charge on any atom is -0.359 e. The summed E-state index contributed by atoms with van der Waals surface area (Å²) in [6, 6.07) is 8.79. The molecule has 124 valence electrons. The molecule has 0 bridgehead atoms. The number of hydrogen-bond acceptors (Lipinski definition) is 4. The van der Waals surface area contributed by atoms with Gasteiger partial charge in [0.2, 0.25) is 5.91 Å². The number of para-hydroxylation sites is 1. The van der Waals surface area contributed by atoms with Crippen LogP contribution in [0.2, 0.25) is 0 Å². The minimum absolute atomic E-state index is 0.210. The first kappa shape index (κ1) is 15.0. The van der Waals surface area contributed by atoms with Crippen LogP contribution in [-0.4, -0.2) is 55.5 Å². The summed E-state index contributed by atoms with van der Waals surface area (Å²) in [5.41, 5.74) is 2.56. The largest absolute Gasteiger partial charge is 0.359 e. The molecule has 3 aliphatic heterocycles.